The van der Waals surface area contributed by atoms with Crippen molar-refractivity contribution in [2.75, 3.05) is 5.32 Å². The van der Waals surface area contributed by atoms with Crippen molar-refractivity contribution in [1.82, 2.24) is 5.32 Å². The topological polar surface area (TPSA) is 58.2 Å². The second-order valence-electron chi connectivity index (χ2n) is 4.79. The van der Waals surface area contributed by atoms with Gasteiger partial charge in [0.05, 0.1) is 0 Å². The summed E-state index contributed by atoms with van der Waals surface area (Å²) >= 11 is 5.81. The summed E-state index contributed by atoms with van der Waals surface area (Å²) in [5, 5.41) is 6.24. The summed E-state index contributed by atoms with van der Waals surface area (Å²) in [6.07, 6.45) is 0.420. The fourth-order valence-corrected chi connectivity index (χ4v) is 1.97. The minimum absolute atomic E-state index is 0.0556. The van der Waals surface area contributed by atoms with E-state index in [0.717, 1.165) is 5.56 Å². The minimum Gasteiger partial charge on any atom is -0.348 e. The molecule has 2 rings (SSSR count). The van der Waals surface area contributed by atoms with E-state index in [0.29, 0.717) is 29.2 Å². The molecule has 0 fully saturated rings. The number of halogens is 1. The highest BCUT2D eigenvalue weighted by atomic mass is 35.5. The summed E-state index contributed by atoms with van der Waals surface area (Å²) in [4.78, 5) is 23.3. The highest BCUT2D eigenvalue weighted by Crippen LogP contribution is 2.11. The lowest BCUT2D eigenvalue weighted by Gasteiger charge is -2.07. The number of carbonyl (C=O) groups is 2. The van der Waals surface area contributed by atoms with Crippen molar-refractivity contribution in [3.63, 3.8) is 0 Å². The summed E-state index contributed by atoms with van der Waals surface area (Å²) < 4.78 is 0. The van der Waals surface area contributed by atoms with Crippen molar-refractivity contribution in [2.24, 2.45) is 0 Å². The molecule has 0 heterocycles. The van der Waals surface area contributed by atoms with Gasteiger partial charge in [-0.1, -0.05) is 30.7 Å². The van der Waals surface area contributed by atoms with Crippen LogP contribution >= 0.6 is 11.6 Å². The molecule has 22 heavy (non-hydrogen) atoms. The fourth-order valence-electron chi connectivity index (χ4n) is 1.84. The average molecular weight is 317 g/mol. The summed E-state index contributed by atoms with van der Waals surface area (Å²) in [6, 6.07) is 14.1. The fraction of sp³-hybridized carbons (Fsp3) is 0.176. The van der Waals surface area contributed by atoms with Crippen LogP contribution in [0.1, 0.15) is 29.3 Å². The summed E-state index contributed by atoms with van der Waals surface area (Å²) in [7, 11) is 0. The molecule has 0 unspecified atom stereocenters. The van der Waals surface area contributed by atoms with E-state index in [2.05, 4.69) is 10.6 Å². The van der Waals surface area contributed by atoms with Gasteiger partial charge in [0.1, 0.15) is 0 Å². The molecule has 0 spiro atoms. The van der Waals surface area contributed by atoms with Gasteiger partial charge < -0.3 is 10.6 Å². The van der Waals surface area contributed by atoms with Crippen molar-refractivity contribution >= 4 is 29.1 Å². The monoisotopic (exact) mass is 316 g/mol. The van der Waals surface area contributed by atoms with E-state index in [1.807, 2.05) is 12.1 Å². The van der Waals surface area contributed by atoms with Crippen LogP contribution in [0.3, 0.4) is 0 Å². The van der Waals surface area contributed by atoms with Gasteiger partial charge in [-0.25, -0.2) is 0 Å². The summed E-state index contributed by atoms with van der Waals surface area (Å²) in [6.45, 7) is 2.22. The van der Waals surface area contributed by atoms with Gasteiger partial charge in [-0.3, -0.25) is 9.59 Å². The van der Waals surface area contributed by atoms with Gasteiger partial charge in [0.2, 0.25) is 5.91 Å². The van der Waals surface area contributed by atoms with Crippen LogP contribution in [0.4, 0.5) is 5.69 Å². The van der Waals surface area contributed by atoms with E-state index in [4.69, 9.17) is 11.6 Å². The van der Waals surface area contributed by atoms with Crippen molar-refractivity contribution in [3.05, 3.63) is 64.7 Å². The smallest absolute Gasteiger partial charge is 0.251 e. The molecule has 0 saturated carbocycles. The van der Waals surface area contributed by atoms with Crippen LogP contribution in [0.2, 0.25) is 5.02 Å². The molecule has 2 aromatic rings. The normalized spacial score (nSPS) is 10.1. The Morgan fingerprint density at radius 3 is 2.23 bits per heavy atom. The van der Waals surface area contributed by atoms with E-state index < -0.39 is 0 Å². The first-order chi connectivity index (χ1) is 10.6. The number of hydrogen-bond donors (Lipinski definition) is 2. The number of amides is 2. The molecule has 0 radical (unpaired) electrons. The zero-order valence-corrected chi connectivity index (χ0v) is 13.0. The zero-order valence-electron chi connectivity index (χ0n) is 12.2. The maximum atomic E-state index is 12.1. The van der Waals surface area contributed by atoms with Gasteiger partial charge in [0, 0.05) is 29.2 Å². The molecular formula is C17H17ClN2O2. The molecule has 0 bridgehead atoms. The number of carbonyl (C=O) groups excluding carboxylic acids is 2. The minimum atomic E-state index is -0.164. The van der Waals surface area contributed by atoms with Gasteiger partial charge in [-0.15, -0.1) is 0 Å². The van der Waals surface area contributed by atoms with Crippen molar-refractivity contribution in [2.45, 2.75) is 19.9 Å². The molecule has 0 aliphatic rings. The van der Waals surface area contributed by atoms with Crippen molar-refractivity contribution in [3.8, 4) is 0 Å². The van der Waals surface area contributed by atoms with Crippen LogP contribution < -0.4 is 10.6 Å². The molecule has 5 heteroatoms. The number of hydrogen-bond acceptors (Lipinski definition) is 2. The Balaban J connectivity index is 1.92. The molecule has 2 amide bonds. The van der Waals surface area contributed by atoms with Gasteiger partial charge in [0.25, 0.3) is 5.91 Å². The Morgan fingerprint density at radius 1 is 1.00 bits per heavy atom. The van der Waals surface area contributed by atoms with Crippen LogP contribution in [0.5, 0.6) is 0 Å². The molecule has 0 saturated heterocycles. The average Bonchev–Trinajstić information content (AvgIpc) is 2.54. The van der Waals surface area contributed by atoms with Crippen LogP contribution in [-0.4, -0.2) is 11.8 Å². The van der Waals surface area contributed by atoms with Crippen molar-refractivity contribution < 1.29 is 9.59 Å². The first-order valence-corrected chi connectivity index (χ1v) is 7.39. The maximum absolute atomic E-state index is 12.1. The van der Waals surface area contributed by atoms with E-state index >= 15 is 0 Å². The molecule has 0 atom stereocenters. The number of nitrogens with one attached hydrogen (secondary N) is 2. The Morgan fingerprint density at radius 2 is 1.64 bits per heavy atom. The lowest BCUT2D eigenvalue weighted by molar-refractivity contribution is -0.115. The molecule has 0 aromatic heterocycles. The third kappa shape index (κ3) is 4.60. The van der Waals surface area contributed by atoms with Crippen molar-refractivity contribution in [1.29, 1.82) is 0 Å². The molecule has 2 N–H and O–H groups in total. The van der Waals surface area contributed by atoms with Crippen LogP contribution in [0, 0.1) is 0 Å². The highest BCUT2D eigenvalue weighted by molar-refractivity contribution is 6.30. The maximum Gasteiger partial charge on any atom is 0.251 e. The Labute approximate surface area is 134 Å². The number of benzene rings is 2. The molecule has 2 aromatic carbocycles. The first kappa shape index (κ1) is 16.0. The lowest BCUT2D eigenvalue weighted by atomic mass is 10.1. The first-order valence-electron chi connectivity index (χ1n) is 7.01. The van der Waals surface area contributed by atoms with Gasteiger partial charge in [0.15, 0.2) is 0 Å². The van der Waals surface area contributed by atoms with E-state index in [1.165, 1.54) is 0 Å². The third-order valence-corrected chi connectivity index (χ3v) is 3.37. The Kier molecular flexibility index (Phi) is 5.55. The van der Waals surface area contributed by atoms with Gasteiger partial charge >= 0.3 is 0 Å². The Hall–Kier alpha value is -2.33. The molecule has 4 nitrogen and oxygen atoms in total. The Bertz CT molecular complexity index is 651. The lowest BCUT2D eigenvalue weighted by Crippen LogP contribution is -2.22. The quantitative estimate of drug-likeness (QED) is 0.885. The van der Waals surface area contributed by atoms with Gasteiger partial charge in [-0.05, 0) is 42.0 Å². The highest BCUT2D eigenvalue weighted by Gasteiger charge is 2.06. The molecule has 0 aliphatic heterocycles. The van der Waals surface area contributed by atoms with E-state index in [9.17, 15) is 9.59 Å². The predicted octanol–water partition coefficient (Wildman–Crippen LogP) is 3.62. The van der Waals surface area contributed by atoms with Crippen LogP contribution in [-0.2, 0) is 11.3 Å². The third-order valence-electron chi connectivity index (χ3n) is 3.12. The van der Waals surface area contributed by atoms with Crippen LogP contribution in [0.15, 0.2) is 48.5 Å². The molecule has 114 valence electrons. The van der Waals surface area contributed by atoms with Gasteiger partial charge in [-0.2, -0.15) is 0 Å². The zero-order chi connectivity index (χ0) is 15.9. The summed E-state index contributed by atoms with van der Waals surface area (Å²) in [5.41, 5.74) is 2.20. The second kappa shape index (κ2) is 7.61. The predicted molar refractivity (Wildman–Crippen MR) is 88.0 cm³/mol. The standard InChI is InChI=1S/C17H17ClN2O2/c1-2-16(21)20-15-9-5-13(6-10-15)17(22)19-11-12-3-7-14(18)8-4-12/h3-10H,2,11H2,1H3,(H,19,22)(H,20,21). The SMILES string of the molecule is CCC(=O)Nc1ccc(C(=O)NCc2ccc(Cl)cc2)cc1. The molecular weight excluding hydrogens is 300 g/mol. The molecule has 0 aliphatic carbocycles. The summed E-state index contributed by atoms with van der Waals surface area (Å²) in [5.74, 6) is -0.219. The van der Waals surface area contributed by atoms with E-state index in [-0.39, 0.29) is 11.8 Å². The second-order valence-corrected chi connectivity index (χ2v) is 5.22. The largest absolute Gasteiger partial charge is 0.348 e. The van der Waals surface area contributed by atoms with E-state index in [1.54, 1.807) is 43.3 Å². The number of rotatable bonds is 5. The van der Waals surface area contributed by atoms with Crippen LogP contribution in [0.25, 0.3) is 0 Å². The number of anilines is 1.